The lowest BCUT2D eigenvalue weighted by molar-refractivity contribution is 0.301. The largest absolute Gasteiger partial charge is 0.497 e. The van der Waals surface area contributed by atoms with E-state index in [1.54, 1.807) is 7.11 Å². The highest BCUT2D eigenvalue weighted by molar-refractivity contribution is 5.39. The second-order valence-corrected chi connectivity index (χ2v) is 4.97. The van der Waals surface area contributed by atoms with Gasteiger partial charge in [-0.1, -0.05) is 29.8 Å². The Bertz CT molecular complexity index is 562. The second kappa shape index (κ2) is 6.44. The summed E-state index contributed by atoms with van der Waals surface area (Å²) in [6.07, 6.45) is 0. The minimum absolute atomic E-state index is 0.0410. The van der Waals surface area contributed by atoms with E-state index in [9.17, 15) is 0 Å². The first-order valence-corrected chi connectivity index (χ1v) is 6.72. The van der Waals surface area contributed by atoms with Gasteiger partial charge in [0.05, 0.1) is 7.11 Å². The number of nitrogens with two attached hydrogens (primary N) is 1. The van der Waals surface area contributed by atoms with E-state index in [4.69, 9.17) is 15.2 Å². The summed E-state index contributed by atoms with van der Waals surface area (Å²) in [4.78, 5) is 0. The van der Waals surface area contributed by atoms with Crippen molar-refractivity contribution in [1.29, 1.82) is 0 Å². The molecule has 0 fully saturated rings. The van der Waals surface area contributed by atoms with Gasteiger partial charge in [-0.2, -0.15) is 0 Å². The summed E-state index contributed by atoms with van der Waals surface area (Å²) in [5.41, 5.74) is 9.32. The molecular formula is C17H21NO2. The minimum atomic E-state index is -0.0410. The lowest BCUT2D eigenvalue weighted by Gasteiger charge is -2.15. The van der Waals surface area contributed by atoms with Gasteiger partial charge in [-0.05, 0) is 37.6 Å². The Morgan fingerprint density at radius 1 is 1.10 bits per heavy atom. The van der Waals surface area contributed by atoms with Crippen LogP contribution in [0.2, 0.25) is 0 Å². The lowest BCUT2D eigenvalue weighted by atomic mass is 10.1. The molecule has 2 rings (SSSR count). The fraction of sp³-hybridized carbons (Fsp3) is 0.294. The Morgan fingerprint density at radius 3 is 2.40 bits per heavy atom. The molecule has 0 amide bonds. The average Bonchev–Trinajstić information content (AvgIpc) is 2.46. The van der Waals surface area contributed by atoms with Crippen molar-refractivity contribution in [2.45, 2.75) is 26.5 Å². The van der Waals surface area contributed by atoms with E-state index >= 15 is 0 Å². The Balaban J connectivity index is 2.10. The fourth-order valence-corrected chi connectivity index (χ4v) is 2.04. The van der Waals surface area contributed by atoms with Crippen LogP contribution < -0.4 is 15.2 Å². The molecule has 0 bridgehead atoms. The van der Waals surface area contributed by atoms with Crippen molar-refractivity contribution in [2.75, 3.05) is 7.11 Å². The van der Waals surface area contributed by atoms with Gasteiger partial charge < -0.3 is 15.2 Å². The van der Waals surface area contributed by atoms with Gasteiger partial charge in [0, 0.05) is 11.6 Å². The molecule has 0 spiro atoms. The third-order valence-corrected chi connectivity index (χ3v) is 3.21. The number of benzene rings is 2. The molecule has 2 N–H and O–H groups in total. The highest BCUT2D eigenvalue weighted by Gasteiger charge is 2.08. The molecule has 2 aromatic carbocycles. The number of aryl methyl sites for hydroxylation is 1. The van der Waals surface area contributed by atoms with Crippen LogP contribution in [0.15, 0.2) is 42.5 Å². The first kappa shape index (κ1) is 14.4. The lowest BCUT2D eigenvalue weighted by Crippen LogP contribution is -2.08. The molecule has 0 aliphatic carbocycles. The van der Waals surface area contributed by atoms with Gasteiger partial charge >= 0.3 is 0 Å². The molecule has 106 valence electrons. The van der Waals surface area contributed by atoms with Crippen molar-refractivity contribution in [3.63, 3.8) is 0 Å². The van der Waals surface area contributed by atoms with Crippen LogP contribution in [0.5, 0.6) is 11.5 Å². The molecule has 0 heterocycles. The maximum atomic E-state index is 5.99. The normalized spacial score (nSPS) is 12.0. The molecule has 0 aliphatic heterocycles. The van der Waals surface area contributed by atoms with Crippen LogP contribution in [0, 0.1) is 6.92 Å². The maximum Gasteiger partial charge on any atom is 0.124 e. The van der Waals surface area contributed by atoms with Crippen LogP contribution in [-0.2, 0) is 6.61 Å². The summed E-state index contributed by atoms with van der Waals surface area (Å²) in [5, 5.41) is 0. The zero-order valence-electron chi connectivity index (χ0n) is 12.2. The van der Waals surface area contributed by atoms with Gasteiger partial charge in [0.25, 0.3) is 0 Å². The van der Waals surface area contributed by atoms with Crippen molar-refractivity contribution in [3.8, 4) is 11.5 Å². The van der Waals surface area contributed by atoms with E-state index in [0.717, 1.165) is 22.6 Å². The molecule has 20 heavy (non-hydrogen) atoms. The van der Waals surface area contributed by atoms with E-state index in [0.29, 0.717) is 6.61 Å². The average molecular weight is 271 g/mol. The number of hydrogen-bond donors (Lipinski definition) is 1. The zero-order chi connectivity index (χ0) is 14.5. The van der Waals surface area contributed by atoms with Crippen molar-refractivity contribution in [3.05, 3.63) is 59.2 Å². The van der Waals surface area contributed by atoms with Crippen LogP contribution in [0.25, 0.3) is 0 Å². The predicted molar refractivity (Wildman–Crippen MR) is 81.1 cm³/mol. The summed E-state index contributed by atoms with van der Waals surface area (Å²) in [7, 11) is 1.66. The highest BCUT2D eigenvalue weighted by atomic mass is 16.5. The summed E-state index contributed by atoms with van der Waals surface area (Å²) >= 11 is 0. The first-order chi connectivity index (χ1) is 9.60. The van der Waals surface area contributed by atoms with Crippen LogP contribution >= 0.6 is 0 Å². The van der Waals surface area contributed by atoms with E-state index in [2.05, 4.69) is 13.0 Å². The third-order valence-electron chi connectivity index (χ3n) is 3.21. The molecule has 0 aliphatic rings. The van der Waals surface area contributed by atoms with Gasteiger partial charge in [0.1, 0.15) is 18.1 Å². The standard InChI is InChI=1S/C17H21NO2/c1-12-4-9-17(16(10-12)13(2)18)20-11-14-5-7-15(19-3)8-6-14/h4-10,13H,11,18H2,1-3H3/t13-/m0/s1. The number of rotatable bonds is 5. The molecule has 1 atom stereocenters. The summed E-state index contributed by atoms with van der Waals surface area (Å²) in [6.45, 7) is 4.54. The monoisotopic (exact) mass is 271 g/mol. The molecule has 0 unspecified atom stereocenters. The molecule has 3 nitrogen and oxygen atoms in total. The second-order valence-electron chi connectivity index (χ2n) is 4.97. The van der Waals surface area contributed by atoms with E-state index in [1.165, 1.54) is 5.56 Å². The molecule has 0 aromatic heterocycles. The van der Waals surface area contributed by atoms with Gasteiger partial charge in [-0.3, -0.25) is 0 Å². The van der Waals surface area contributed by atoms with Crippen LogP contribution in [0.4, 0.5) is 0 Å². The van der Waals surface area contributed by atoms with Crippen molar-refractivity contribution >= 4 is 0 Å². The predicted octanol–water partition coefficient (Wildman–Crippen LogP) is 3.60. The molecule has 0 saturated carbocycles. The zero-order valence-corrected chi connectivity index (χ0v) is 12.2. The van der Waals surface area contributed by atoms with Gasteiger partial charge in [0.2, 0.25) is 0 Å². The Hall–Kier alpha value is -2.00. The van der Waals surface area contributed by atoms with Crippen molar-refractivity contribution in [1.82, 2.24) is 0 Å². The fourth-order valence-electron chi connectivity index (χ4n) is 2.04. The van der Waals surface area contributed by atoms with Crippen LogP contribution in [-0.4, -0.2) is 7.11 Å². The summed E-state index contributed by atoms with van der Waals surface area (Å²) in [6, 6.07) is 13.9. The molecule has 0 saturated heterocycles. The molecule has 3 heteroatoms. The summed E-state index contributed by atoms with van der Waals surface area (Å²) < 4.78 is 11.0. The van der Waals surface area contributed by atoms with E-state index < -0.39 is 0 Å². The topological polar surface area (TPSA) is 44.5 Å². The Labute approximate surface area is 120 Å². The third kappa shape index (κ3) is 3.52. The maximum absolute atomic E-state index is 5.99. The van der Waals surface area contributed by atoms with Crippen molar-refractivity contribution in [2.24, 2.45) is 5.73 Å². The smallest absolute Gasteiger partial charge is 0.124 e. The number of hydrogen-bond acceptors (Lipinski definition) is 3. The van der Waals surface area contributed by atoms with Gasteiger partial charge in [0.15, 0.2) is 0 Å². The van der Waals surface area contributed by atoms with E-state index in [1.807, 2.05) is 43.3 Å². The summed E-state index contributed by atoms with van der Waals surface area (Å²) in [5.74, 6) is 1.70. The van der Waals surface area contributed by atoms with Gasteiger partial charge in [-0.15, -0.1) is 0 Å². The number of methoxy groups -OCH3 is 1. The SMILES string of the molecule is COc1ccc(COc2ccc(C)cc2[C@H](C)N)cc1. The Kier molecular flexibility index (Phi) is 4.64. The molecular weight excluding hydrogens is 250 g/mol. The van der Waals surface area contributed by atoms with Crippen LogP contribution in [0.3, 0.4) is 0 Å². The van der Waals surface area contributed by atoms with E-state index in [-0.39, 0.29) is 6.04 Å². The van der Waals surface area contributed by atoms with Gasteiger partial charge in [-0.25, -0.2) is 0 Å². The first-order valence-electron chi connectivity index (χ1n) is 6.72. The number of ether oxygens (including phenoxy) is 2. The quantitative estimate of drug-likeness (QED) is 0.903. The van der Waals surface area contributed by atoms with Crippen molar-refractivity contribution < 1.29 is 9.47 Å². The van der Waals surface area contributed by atoms with Crippen LogP contribution in [0.1, 0.15) is 29.7 Å². The Morgan fingerprint density at radius 2 is 1.80 bits per heavy atom. The molecule has 2 aromatic rings. The minimum Gasteiger partial charge on any atom is -0.497 e. The highest BCUT2D eigenvalue weighted by Crippen LogP contribution is 2.26. The molecule has 0 radical (unpaired) electrons.